The van der Waals surface area contributed by atoms with E-state index >= 15 is 0 Å². The lowest BCUT2D eigenvalue weighted by Gasteiger charge is -2.19. The van der Waals surface area contributed by atoms with E-state index in [1.165, 1.54) is 12.1 Å². The summed E-state index contributed by atoms with van der Waals surface area (Å²) < 4.78 is 0. The van der Waals surface area contributed by atoms with Gasteiger partial charge in [0, 0.05) is 18.8 Å². The topological polar surface area (TPSA) is 66.6 Å². The van der Waals surface area contributed by atoms with Gasteiger partial charge in [-0.25, -0.2) is 0 Å². The van der Waals surface area contributed by atoms with Crippen molar-refractivity contribution >= 4 is 23.2 Å². The van der Waals surface area contributed by atoms with Crippen LogP contribution in [0.3, 0.4) is 0 Å². The number of rotatable bonds is 3. The molecule has 0 aliphatic carbocycles. The van der Waals surface area contributed by atoms with E-state index in [1.54, 1.807) is 4.90 Å². The normalized spacial score (nSPS) is 10.2. The number of anilines is 1. The van der Waals surface area contributed by atoms with Gasteiger partial charge in [-0.1, -0.05) is 11.6 Å². The van der Waals surface area contributed by atoms with Gasteiger partial charge in [-0.2, -0.15) is 0 Å². The molecule has 0 aliphatic rings. The third-order valence-electron chi connectivity index (χ3n) is 2.37. The Morgan fingerprint density at radius 3 is 2.50 bits per heavy atom. The first-order chi connectivity index (χ1) is 7.51. The summed E-state index contributed by atoms with van der Waals surface area (Å²) in [5.41, 5.74) is 6.09. The highest BCUT2D eigenvalue weighted by Crippen LogP contribution is 2.30. The molecule has 1 amide bonds. The first-order valence-corrected chi connectivity index (χ1v) is 5.46. The zero-order valence-corrected chi connectivity index (χ0v) is 10.1. The average Bonchev–Trinajstić information content (AvgIpc) is 2.24. The van der Waals surface area contributed by atoms with Crippen LogP contribution in [0.15, 0.2) is 12.1 Å². The van der Waals surface area contributed by atoms with E-state index in [-0.39, 0.29) is 22.2 Å². The molecule has 0 atom stereocenters. The summed E-state index contributed by atoms with van der Waals surface area (Å²) in [4.78, 5) is 13.6. The van der Waals surface area contributed by atoms with Crippen LogP contribution in [-0.4, -0.2) is 29.0 Å². The molecule has 4 nitrogen and oxygen atoms in total. The molecular weight excluding hydrogens is 228 g/mol. The number of halogens is 1. The van der Waals surface area contributed by atoms with Gasteiger partial charge in [-0.15, -0.1) is 0 Å². The van der Waals surface area contributed by atoms with Crippen LogP contribution in [0.4, 0.5) is 5.69 Å². The Morgan fingerprint density at radius 1 is 1.44 bits per heavy atom. The predicted octanol–water partition coefficient (Wildman–Crippen LogP) is 2.11. The predicted molar refractivity (Wildman–Crippen MR) is 64.8 cm³/mol. The molecule has 0 aliphatic heterocycles. The number of hydrogen-bond acceptors (Lipinski definition) is 3. The first kappa shape index (κ1) is 12.6. The van der Waals surface area contributed by atoms with E-state index in [4.69, 9.17) is 17.3 Å². The third kappa shape index (κ3) is 2.39. The number of nitrogens with two attached hydrogens (primary N) is 1. The van der Waals surface area contributed by atoms with Crippen LogP contribution in [-0.2, 0) is 0 Å². The molecule has 88 valence electrons. The lowest BCUT2D eigenvalue weighted by atomic mass is 10.1. The number of benzene rings is 1. The van der Waals surface area contributed by atoms with Crippen molar-refractivity contribution in [2.75, 3.05) is 18.8 Å². The van der Waals surface area contributed by atoms with E-state index in [2.05, 4.69) is 0 Å². The van der Waals surface area contributed by atoms with Crippen molar-refractivity contribution in [2.45, 2.75) is 13.8 Å². The zero-order chi connectivity index (χ0) is 12.3. The minimum Gasteiger partial charge on any atom is -0.506 e. The quantitative estimate of drug-likeness (QED) is 0.630. The molecule has 0 fully saturated rings. The number of carbonyl (C=O) groups excluding carboxylic acids is 1. The Bertz CT molecular complexity index is 403. The molecule has 0 spiro atoms. The van der Waals surface area contributed by atoms with Gasteiger partial charge in [0.25, 0.3) is 5.91 Å². The van der Waals surface area contributed by atoms with E-state index < -0.39 is 0 Å². The van der Waals surface area contributed by atoms with E-state index in [0.717, 1.165) is 0 Å². The van der Waals surface area contributed by atoms with Crippen LogP contribution in [0.2, 0.25) is 5.02 Å². The highest BCUT2D eigenvalue weighted by atomic mass is 35.5. The molecule has 0 saturated heterocycles. The van der Waals surface area contributed by atoms with Crippen molar-refractivity contribution in [2.24, 2.45) is 0 Å². The summed E-state index contributed by atoms with van der Waals surface area (Å²) in [5, 5.41) is 9.79. The Balaban J connectivity index is 3.17. The molecule has 0 radical (unpaired) electrons. The number of aromatic hydroxyl groups is 1. The second kappa shape index (κ2) is 5.07. The molecule has 5 heteroatoms. The van der Waals surface area contributed by atoms with Crippen molar-refractivity contribution in [3.8, 4) is 5.75 Å². The maximum Gasteiger partial charge on any atom is 0.257 e. The van der Waals surface area contributed by atoms with Crippen LogP contribution in [0.25, 0.3) is 0 Å². The number of phenols is 1. The zero-order valence-electron chi connectivity index (χ0n) is 9.33. The second-order valence-corrected chi connectivity index (χ2v) is 3.78. The summed E-state index contributed by atoms with van der Waals surface area (Å²) >= 11 is 5.75. The molecule has 16 heavy (non-hydrogen) atoms. The molecule has 1 rings (SSSR count). The third-order valence-corrected chi connectivity index (χ3v) is 2.65. The summed E-state index contributed by atoms with van der Waals surface area (Å²) in [7, 11) is 0. The second-order valence-electron chi connectivity index (χ2n) is 3.38. The Hall–Kier alpha value is -1.42. The summed E-state index contributed by atoms with van der Waals surface area (Å²) in [6, 6.07) is 2.85. The lowest BCUT2D eigenvalue weighted by Crippen LogP contribution is -2.30. The summed E-state index contributed by atoms with van der Waals surface area (Å²) in [6.45, 7) is 4.88. The van der Waals surface area contributed by atoms with Gasteiger partial charge in [0.05, 0.1) is 10.6 Å². The van der Waals surface area contributed by atoms with Crippen molar-refractivity contribution in [1.82, 2.24) is 4.90 Å². The monoisotopic (exact) mass is 242 g/mol. The molecule has 1 aromatic carbocycles. The van der Waals surface area contributed by atoms with E-state index in [9.17, 15) is 9.90 Å². The van der Waals surface area contributed by atoms with Crippen molar-refractivity contribution < 1.29 is 9.90 Å². The molecule has 0 unspecified atom stereocenters. The molecular formula is C11H15ClN2O2. The fraction of sp³-hybridized carbons (Fsp3) is 0.364. The molecule has 0 aromatic heterocycles. The molecule has 0 saturated carbocycles. The summed E-state index contributed by atoms with van der Waals surface area (Å²) in [6.07, 6.45) is 0. The minimum absolute atomic E-state index is 0.0931. The molecule has 1 aromatic rings. The molecule has 3 N–H and O–H groups in total. The van der Waals surface area contributed by atoms with E-state index in [1.807, 2.05) is 13.8 Å². The summed E-state index contributed by atoms with van der Waals surface area (Å²) in [5.74, 6) is -0.482. The number of nitrogens with zero attached hydrogens (tertiary/aromatic N) is 1. The van der Waals surface area contributed by atoms with Crippen LogP contribution < -0.4 is 5.73 Å². The standard InChI is InChI=1S/C11H15ClN2O2/c1-3-14(4-2)11(16)8-5-7(13)6-9(12)10(8)15/h5-6,15H,3-4,13H2,1-2H3. The highest BCUT2D eigenvalue weighted by molar-refractivity contribution is 6.33. The lowest BCUT2D eigenvalue weighted by molar-refractivity contribution is 0.0770. The average molecular weight is 243 g/mol. The van der Waals surface area contributed by atoms with Crippen molar-refractivity contribution in [1.29, 1.82) is 0 Å². The van der Waals surface area contributed by atoms with Gasteiger partial charge in [0.2, 0.25) is 0 Å². The van der Waals surface area contributed by atoms with E-state index in [0.29, 0.717) is 18.8 Å². The smallest absolute Gasteiger partial charge is 0.257 e. The van der Waals surface area contributed by atoms with Crippen LogP contribution in [0.5, 0.6) is 5.75 Å². The molecule has 0 heterocycles. The number of carbonyl (C=O) groups is 1. The Labute approximate surface area is 99.6 Å². The first-order valence-electron chi connectivity index (χ1n) is 5.08. The Morgan fingerprint density at radius 2 is 2.00 bits per heavy atom. The van der Waals surface area contributed by atoms with Gasteiger partial charge in [-0.05, 0) is 26.0 Å². The Kier molecular flexibility index (Phi) is 4.01. The molecule has 0 bridgehead atoms. The highest BCUT2D eigenvalue weighted by Gasteiger charge is 2.18. The van der Waals surface area contributed by atoms with Crippen LogP contribution >= 0.6 is 11.6 Å². The SMILES string of the molecule is CCN(CC)C(=O)c1cc(N)cc(Cl)c1O. The van der Waals surface area contributed by atoms with Gasteiger partial charge in [-0.3, -0.25) is 4.79 Å². The number of amides is 1. The largest absolute Gasteiger partial charge is 0.506 e. The van der Waals surface area contributed by atoms with Crippen LogP contribution in [0.1, 0.15) is 24.2 Å². The maximum absolute atomic E-state index is 12.0. The van der Waals surface area contributed by atoms with Gasteiger partial charge in [0.1, 0.15) is 5.75 Å². The maximum atomic E-state index is 12.0. The fourth-order valence-corrected chi connectivity index (χ4v) is 1.69. The number of hydrogen-bond donors (Lipinski definition) is 2. The number of phenolic OH excluding ortho intramolecular Hbond substituents is 1. The van der Waals surface area contributed by atoms with Gasteiger partial charge >= 0.3 is 0 Å². The van der Waals surface area contributed by atoms with Gasteiger partial charge in [0.15, 0.2) is 0 Å². The van der Waals surface area contributed by atoms with Crippen LogP contribution in [0, 0.1) is 0 Å². The minimum atomic E-state index is -0.267. The van der Waals surface area contributed by atoms with Crippen molar-refractivity contribution in [3.05, 3.63) is 22.7 Å². The number of nitrogen functional groups attached to an aromatic ring is 1. The fourth-order valence-electron chi connectivity index (χ4n) is 1.46. The van der Waals surface area contributed by atoms with Crippen molar-refractivity contribution in [3.63, 3.8) is 0 Å². The van der Waals surface area contributed by atoms with Gasteiger partial charge < -0.3 is 15.7 Å².